The van der Waals surface area contributed by atoms with Gasteiger partial charge < -0.3 is 5.32 Å². The van der Waals surface area contributed by atoms with Crippen LogP contribution in [-0.2, 0) is 13.2 Å². The van der Waals surface area contributed by atoms with Crippen molar-refractivity contribution in [3.63, 3.8) is 0 Å². The SMILES string of the molecule is Cc1ccc(Cn2nc(C)c(NC(=O)c3ccn(Cn4nc(C)c(Br)c4C)n3)c2C)cc1. The van der Waals surface area contributed by atoms with Gasteiger partial charge in [0.05, 0.1) is 39.5 Å². The summed E-state index contributed by atoms with van der Waals surface area (Å²) >= 11 is 3.53. The molecule has 1 amide bonds. The molecule has 1 aromatic carbocycles. The Balaban J connectivity index is 1.48. The number of nitrogens with zero attached hydrogens (tertiary/aromatic N) is 6. The van der Waals surface area contributed by atoms with Crippen molar-refractivity contribution in [2.45, 2.75) is 47.8 Å². The standard InChI is InChI=1S/C23H26BrN7O/c1-14-6-8-19(9-7-14)12-30-18(5)22(16(3)27-30)25-23(32)20-10-11-29(28-20)13-31-17(4)21(24)15(2)26-31/h6-11H,12-13H2,1-5H3,(H,25,32). The number of carbonyl (C=O) groups is 1. The van der Waals surface area contributed by atoms with Crippen molar-refractivity contribution in [3.8, 4) is 0 Å². The predicted molar refractivity (Wildman–Crippen MR) is 127 cm³/mol. The Labute approximate surface area is 195 Å². The highest BCUT2D eigenvalue weighted by Crippen LogP contribution is 2.22. The molecule has 0 fully saturated rings. The molecule has 0 bridgehead atoms. The molecule has 9 heteroatoms. The van der Waals surface area contributed by atoms with Gasteiger partial charge >= 0.3 is 0 Å². The van der Waals surface area contributed by atoms with E-state index in [9.17, 15) is 4.79 Å². The zero-order chi connectivity index (χ0) is 23.0. The highest BCUT2D eigenvalue weighted by Gasteiger charge is 2.18. The number of rotatable bonds is 6. The fourth-order valence-electron chi connectivity index (χ4n) is 3.59. The number of nitrogens with one attached hydrogen (secondary N) is 1. The van der Waals surface area contributed by atoms with Crippen molar-refractivity contribution >= 4 is 27.5 Å². The fraction of sp³-hybridized carbons (Fsp3) is 0.304. The van der Waals surface area contributed by atoms with Gasteiger partial charge in [-0.25, -0.2) is 4.68 Å². The number of benzene rings is 1. The van der Waals surface area contributed by atoms with E-state index < -0.39 is 0 Å². The van der Waals surface area contributed by atoms with Crippen LogP contribution in [0.5, 0.6) is 0 Å². The fourth-order valence-corrected chi connectivity index (χ4v) is 3.87. The third kappa shape index (κ3) is 4.38. The molecule has 0 aliphatic carbocycles. The molecule has 0 atom stereocenters. The molecule has 0 radical (unpaired) electrons. The van der Waals surface area contributed by atoms with Crippen LogP contribution >= 0.6 is 15.9 Å². The summed E-state index contributed by atoms with van der Waals surface area (Å²) in [5.41, 5.74) is 7.05. The molecule has 8 nitrogen and oxygen atoms in total. The van der Waals surface area contributed by atoms with Crippen LogP contribution in [0.1, 0.15) is 44.4 Å². The molecule has 0 spiro atoms. The monoisotopic (exact) mass is 495 g/mol. The van der Waals surface area contributed by atoms with E-state index in [-0.39, 0.29) is 5.91 Å². The Bertz CT molecular complexity index is 1280. The van der Waals surface area contributed by atoms with Crippen molar-refractivity contribution in [1.29, 1.82) is 0 Å². The summed E-state index contributed by atoms with van der Waals surface area (Å²) in [6, 6.07) is 10.1. The van der Waals surface area contributed by atoms with Gasteiger partial charge in [0, 0.05) is 6.20 Å². The van der Waals surface area contributed by atoms with Crippen molar-refractivity contribution in [2.75, 3.05) is 5.32 Å². The Morgan fingerprint density at radius 1 is 0.906 bits per heavy atom. The van der Waals surface area contributed by atoms with Crippen LogP contribution in [0.3, 0.4) is 0 Å². The molecule has 0 aliphatic heterocycles. The Morgan fingerprint density at radius 2 is 1.59 bits per heavy atom. The lowest BCUT2D eigenvalue weighted by Crippen LogP contribution is -2.16. The van der Waals surface area contributed by atoms with Crippen LogP contribution in [0, 0.1) is 34.6 Å². The quantitative estimate of drug-likeness (QED) is 0.430. The first-order valence-corrected chi connectivity index (χ1v) is 11.2. The van der Waals surface area contributed by atoms with Gasteiger partial charge in [0.2, 0.25) is 0 Å². The maximum absolute atomic E-state index is 12.9. The summed E-state index contributed by atoms with van der Waals surface area (Å²) < 4.78 is 6.43. The number of aromatic nitrogens is 6. The third-order valence-electron chi connectivity index (χ3n) is 5.52. The average Bonchev–Trinajstić information content (AvgIpc) is 3.40. The van der Waals surface area contributed by atoms with Gasteiger partial charge in [-0.2, -0.15) is 15.3 Å². The number of carbonyl (C=O) groups excluding carboxylic acids is 1. The second kappa shape index (κ2) is 8.74. The Morgan fingerprint density at radius 3 is 2.25 bits per heavy atom. The van der Waals surface area contributed by atoms with Crippen molar-refractivity contribution in [1.82, 2.24) is 29.3 Å². The minimum atomic E-state index is -0.264. The molecular weight excluding hydrogens is 470 g/mol. The van der Waals surface area contributed by atoms with Crippen molar-refractivity contribution in [2.24, 2.45) is 0 Å². The summed E-state index contributed by atoms with van der Waals surface area (Å²) in [5, 5.41) is 16.5. The van der Waals surface area contributed by atoms with Gasteiger partial charge in [-0.3, -0.25) is 14.2 Å². The van der Waals surface area contributed by atoms with Crippen LogP contribution in [0.25, 0.3) is 0 Å². The van der Waals surface area contributed by atoms with Crippen LogP contribution in [0.4, 0.5) is 5.69 Å². The van der Waals surface area contributed by atoms with Gasteiger partial charge in [0.15, 0.2) is 5.69 Å². The van der Waals surface area contributed by atoms with Gasteiger partial charge in [-0.1, -0.05) is 29.8 Å². The van der Waals surface area contributed by atoms with E-state index in [2.05, 4.69) is 67.7 Å². The molecule has 1 N–H and O–H groups in total. The number of hydrogen-bond donors (Lipinski definition) is 1. The van der Waals surface area contributed by atoms with Gasteiger partial charge in [0.25, 0.3) is 5.91 Å². The lowest BCUT2D eigenvalue weighted by molar-refractivity contribution is 0.102. The third-order valence-corrected chi connectivity index (χ3v) is 6.67. The molecule has 0 saturated carbocycles. The highest BCUT2D eigenvalue weighted by molar-refractivity contribution is 9.10. The number of anilines is 1. The topological polar surface area (TPSA) is 82.6 Å². The molecule has 0 saturated heterocycles. The van der Waals surface area contributed by atoms with E-state index in [1.807, 2.05) is 37.1 Å². The molecule has 3 aromatic heterocycles. The largest absolute Gasteiger partial charge is 0.317 e. The molecule has 3 heterocycles. The van der Waals surface area contributed by atoms with Crippen LogP contribution in [-0.4, -0.2) is 35.2 Å². The lowest BCUT2D eigenvalue weighted by Gasteiger charge is -2.07. The van der Waals surface area contributed by atoms with E-state index >= 15 is 0 Å². The normalized spacial score (nSPS) is 11.2. The van der Waals surface area contributed by atoms with E-state index in [1.54, 1.807) is 16.9 Å². The number of hydrogen-bond acceptors (Lipinski definition) is 4. The summed E-state index contributed by atoms with van der Waals surface area (Å²) in [6.07, 6.45) is 1.78. The number of halogens is 1. The number of aryl methyl sites for hydroxylation is 3. The minimum absolute atomic E-state index is 0.264. The first kappa shape index (κ1) is 22.0. The van der Waals surface area contributed by atoms with Crippen LogP contribution in [0.2, 0.25) is 0 Å². The van der Waals surface area contributed by atoms with Gasteiger partial charge in [0.1, 0.15) is 6.67 Å². The molecule has 4 aromatic rings. The second-order valence-corrected chi connectivity index (χ2v) is 8.80. The summed E-state index contributed by atoms with van der Waals surface area (Å²) in [5.74, 6) is -0.264. The smallest absolute Gasteiger partial charge is 0.276 e. The first-order chi connectivity index (χ1) is 15.2. The second-order valence-electron chi connectivity index (χ2n) is 8.01. The molecule has 32 heavy (non-hydrogen) atoms. The molecule has 0 unspecified atom stereocenters. The first-order valence-electron chi connectivity index (χ1n) is 10.4. The maximum atomic E-state index is 12.9. The average molecular weight is 496 g/mol. The van der Waals surface area contributed by atoms with Crippen molar-refractivity contribution in [3.05, 3.63) is 80.6 Å². The van der Waals surface area contributed by atoms with E-state index in [1.165, 1.54) is 5.56 Å². The zero-order valence-electron chi connectivity index (χ0n) is 18.8. The van der Waals surface area contributed by atoms with Gasteiger partial charge in [-0.15, -0.1) is 0 Å². The summed E-state index contributed by atoms with van der Waals surface area (Å²) in [4.78, 5) is 12.9. The molecular formula is C23H26BrN7O. The van der Waals surface area contributed by atoms with E-state index in [0.717, 1.165) is 38.5 Å². The Kier molecular flexibility index (Phi) is 6.01. The minimum Gasteiger partial charge on any atom is -0.317 e. The van der Waals surface area contributed by atoms with Crippen LogP contribution in [0.15, 0.2) is 41.0 Å². The molecule has 166 valence electrons. The number of amides is 1. The van der Waals surface area contributed by atoms with E-state index in [4.69, 9.17) is 0 Å². The highest BCUT2D eigenvalue weighted by atomic mass is 79.9. The predicted octanol–water partition coefficient (Wildman–Crippen LogP) is 4.39. The molecule has 0 aliphatic rings. The zero-order valence-corrected chi connectivity index (χ0v) is 20.4. The lowest BCUT2D eigenvalue weighted by atomic mass is 10.1. The van der Waals surface area contributed by atoms with Gasteiger partial charge in [-0.05, 0) is 62.2 Å². The van der Waals surface area contributed by atoms with E-state index in [0.29, 0.717) is 18.9 Å². The maximum Gasteiger partial charge on any atom is 0.276 e. The summed E-state index contributed by atoms with van der Waals surface area (Å²) in [7, 11) is 0. The van der Waals surface area contributed by atoms with Crippen molar-refractivity contribution < 1.29 is 4.79 Å². The summed E-state index contributed by atoms with van der Waals surface area (Å²) in [6.45, 7) is 10.9. The molecule has 4 rings (SSSR count). The van der Waals surface area contributed by atoms with Crippen LogP contribution < -0.4 is 5.32 Å². The Hall–Kier alpha value is -3.20.